The van der Waals surface area contributed by atoms with E-state index in [1.165, 1.54) is 6.07 Å². The number of rotatable bonds is 3. The van der Waals surface area contributed by atoms with Gasteiger partial charge in [0.1, 0.15) is 5.15 Å². The van der Waals surface area contributed by atoms with Gasteiger partial charge >= 0.3 is 0 Å². The van der Waals surface area contributed by atoms with E-state index in [0.29, 0.717) is 16.1 Å². The monoisotopic (exact) mass is 294 g/mol. The average molecular weight is 295 g/mol. The molecule has 2 aromatic rings. The zero-order chi connectivity index (χ0) is 13.9. The number of aromatic nitrogens is 1. The van der Waals surface area contributed by atoms with Gasteiger partial charge in [-0.2, -0.15) is 4.72 Å². The molecular formula is C13H11ClN2O2S. The van der Waals surface area contributed by atoms with Crippen molar-refractivity contribution in [3.05, 3.63) is 35.5 Å². The Labute approximate surface area is 116 Å². The standard InChI is InChI=1S/C13H11ClN2O2S/c1-2-3-8-15-19(17,18)11-5-6-12-10(9-11)4-7-13(14)16-12/h4-7,9,15H,8H2,1H3. The topological polar surface area (TPSA) is 59.1 Å². The number of pyridine rings is 1. The van der Waals surface area contributed by atoms with E-state index in [2.05, 4.69) is 21.5 Å². The van der Waals surface area contributed by atoms with Crippen LogP contribution in [0.1, 0.15) is 6.92 Å². The Hall–Kier alpha value is -1.61. The van der Waals surface area contributed by atoms with Crippen LogP contribution in [0.5, 0.6) is 0 Å². The summed E-state index contributed by atoms with van der Waals surface area (Å²) in [7, 11) is -3.55. The number of hydrogen-bond acceptors (Lipinski definition) is 3. The number of fused-ring (bicyclic) bond motifs is 1. The largest absolute Gasteiger partial charge is 0.241 e. The molecule has 1 heterocycles. The van der Waals surface area contributed by atoms with E-state index in [1.807, 2.05) is 0 Å². The maximum absolute atomic E-state index is 12.0. The van der Waals surface area contributed by atoms with Crippen molar-refractivity contribution >= 4 is 32.5 Å². The summed E-state index contributed by atoms with van der Waals surface area (Å²) in [5.41, 5.74) is 0.653. The summed E-state index contributed by atoms with van der Waals surface area (Å²) in [5, 5.41) is 1.09. The Morgan fingerprint density at radius 3 is 2.84 bits per heavy atom. The van der Waals surface area contributed by atoms with Crippen LogP contribution in [0.4, 0.5) is 0 Å². The maximum atomic E-state index is 12.0. The zero-order valence-corrected chi connectivity index (χ0v) is 11.7. The lowest BCUT2D eigenvalue weighted by Crippen LogP contribution is -2.23. The van der Waals surface area contributed by atoms with Crippen LogP contribution in [0.25, 0.3) is 10.9 Å². The maximum Gasteiger partial charge on any atom is 0.241 e. The molecule has 0 aliphatic rings. The van der Waals surface area contributed by atoms with Gasteiger partial charge in [0, 0.05) is 5.39 Å². The smallest absolute Gasteiger partial charge is 0.236 e. The van der Waals surface area contributed by atoms with Gasteiger partial charge in [-0.3, -0.25) is 0 Å². The number of nitrogens with zero attached hydrogens (tertiary/aromatic N) is 1. The lowest BCUT2D eigenvalue weighted by Gasteiger charge is -2.05. The predicted molar refractivity (Wildman–Crippen MR) is 75.4 cm³/mol. The molecule has 6 heteroatoms. The van der Waals surface area contributed by atoms with E-state index in [4.69, 9.17) is 11.6 Å². The number of sulfonamides is 1. The Kier molecular flexibility index (Phi) is 4.05. The Morgan fingerprint density at radius 2 is 2.11 bits per heavy atom. The third-order valence-electron chi connectivity index (χ3n) is 2.46. The molecule has 2 rings (SSSR count). The minimum absolute atomic E-state index is 0.0930. The third-order valence-corrected chi connectivity index (χ3v) is 4.07. The van der Waals surface area contributed by atoms with Crippen LogP contribution in [-0.2, 0) is 10.0 Å². The highest BCUT2D eigenvalue weighted by Gasteiger charge is 2.13. The van der Waals surface area contributed by atoms with Crippen LogP contribution in [-0.4, -0.2) is 19.9 Å². The Balaban J connectivity index is 2.39. The molecule has 0 atom stereocenters. The first-order valence-corrected chi connectivity index (χ1v) is 7.34. The first-order chi connectivity index (χ1) is 9.03. The van der Waals surface area contributed by atoms with Crippen LogP contribution in [0, 0.1) is 11.8 Å². The van der Waals surface area contributed by atoms with Gasteiger partial charge in [0.25, 0.3) is 0 Å². The van der Waals surface area contributed by atoms with Gasteiger partial charge in [-0.25, -0.2) is 13.4 Å². The third kappa shape index (κ3) is 3.24. The summed E-state index contributed by atoms with van der Waals surface area (Å²) in [6.45, 7) is 1.75. The molecule has 1 aromatic carbocycles. The lowest BCUT2D eigenvalue weighted by atomic mass is 10.2. The summed E-state index contributed by atoms with van der Waals surface area (Å²) >= 11 is 5.78. The fourth-order valence-corrected chi connectivity index (χ4v) is 2.66. The predicted octanol–water partition coefficient (Wildman–Crippen LogP) is 2.19. The van der Waals surface area contributed by atoms with Gasteiger partial charge in [-0.1, -0.05) is 17.5 Å². The first-order valence-electron chi connectivity index (χ1n) is 5.48. The molecule has 0 aliphatic carbocycles. The van der Waals surface area contributed by atoms with E-state index in [-0.39, 0.29) is 11.4 Å². The van der Waals surface area contributed by atoms with Crippen molar-refractivity contribution in [2.45, 2.75) is 11.8 Å². The highest BCUT2D eigenvalue weighted by atomic mass is 35.5. The molecular weight excluding hydrogens is 284 g/mol. The van der Waals surface area contributed by atoms with E-state index in [0.717, 1.165) is 0 Å². The molecule has 0 bridgehead atoms. The van der Waals surface area contributed by atoms with Crippen molar-refractivity contribution < 1.29 is 8.42 Å². The van der Waals surface area contributed by atoms with E-state index in [9.17, 15) is 8.42 Å². The number of benzene rings is 1. The molecule has 0 saturated carbocycles. The second-order valence-corrected chi connectivity index (χ2v) is 5.89. The molecule has 19 heavy (non-hydrogen) atoms. The van der Waals surface area contributed by atoms with Gasteiger partial charge in [0.05, 0.1) is 17.0 Å². The second kappa shape index (κ2) is 5.57. The average Bonchev–Trinajstić information content (AvgIpc) is 2.38. The summed E-state index contributed by atoms with van der Waals surface area (Å²) in [6.07, 6.45) is 0. The molecule has 1 N–H and O–H groups in total. The number of hydrogen-bond donors (Lipinski definition) is 1. The van der Waals surface area contributed by atoms with Crippen LogP contribution >= 0.6 is 11.6 Å². The van der Waals surface area contributed by atoms with Crippen molar-refractivity contribution in [2.75, 3.05) is 6.54 Å². The zero-order valence-electron chi connectivity index (χ0n) is 10.1. The van der Waals surface area contributed by atoms with Crippen LogP contribution in [0.2, 0.25) is 5.15 Å². The van der Waals surface area contributed by atoms with Gasteiger partial charge in [0.2, 0.25) is 10.0 Å². The molecule has 0 spiro atoms. The first kappa shape index (κ1) is 13.8. The lowest BCUT2D eigenvalue weighted by molar-refractivity contribution is 0.586. The van der Waals surface area contributed by atoms with Crippen LogP contribution < -0.4 is 4.72 Å². The van der Waals surface area contributed by atoms with Crippen molar-refractivity contribution in [1.29, 1.82) is 0 Å². The van der Waals surface area contributed by atoms with Gasteiger partial charge < -0.3 is 0 Å². The normalized spacial score (nSPS) is 11.1. The fourth-order valence-electron chi connectivity index (χ4n) is 1.55. The van der Waals surface area contributed by atoms with E-state index < -0.39 is 10.0 Å². The van der Waals surface area contributed by atoms with Gasteiger partial charge in [-0.15, -0.1) is 5.92 Å². The van der Waals surface area contributed by atoms with Gasteiger partial charge in [-0.05, 0) is 37.3 Å². The van der Waals surface area contributed by atoms with E-state index >= 15 is 0 Å². The summed E-state index contributed by atoms with van der Waals surface area (Å²) in [6, 6.07) is 8.03. The highest BCUT2D eigenvalue weighted by molar-refractivity contribution is 7.89. The molecule has 0 fully saturated rings. The molecule has 0 saturated heterocycles. The Morgan fingerprint density at radius 1 is 1.32 bits per heavy atom. The van der Waals surface area contributed by atoms with Crippen molar-refractivity contribution in [3.63, 3.8) is 0 Å². The minimum Gasteiger partial charge on any atom is -0.236 e. The van der Waals surface area contributed by atoms with Crippen molar-refractivity contribution in [1.82, 2.24) is 9.71 Å². The van der Waals surface area contributed by atoms with Crippen molar-refractivity contribution in [2.24, 2.45) is 0 Å². The van der Waals surface area contributed by atoms with E-state index in [1.54, 1.807) is 31.2 Å². The Bertz CT molecular complexity index is 776. The summed E-state index contributed by atoms with van der Waals surface area (Å²) in [4.78, 5) is 4.28. The second-order valence-electron chi connectivity index (χ2n) is 3.74. The molecule has 4 nitrogen and oxygen atoms in total. The SMILES string of the molecule is CC#CCNS(=O)(=O)c1ccc2nc(Cl)ccc2c1. The fraction of sp³-hybridized carbons (Fsp3) is 0.154. The van der Waals surface area contributed by atoms with Crippen LogP contribution in [0.3, 0.4) is 0 Å². The molecule has 98 valence electrons. The summed E-state index contributed by atoms with van der Waals surface area (Å²) in [5.74, 6) is 5.27. The molecule has 1 aromatic heterocycles. The molecule has 0 radical (unpaired) electrons. The van der Waals surface area contributed by atoms with Gasteiger partial charge in [0.15, 0.2) is 0 Å². The van der Waals surface area contributed by atoms with Crippen molar-refractivity contribution in [3.8, 4) is 11.8 Å². The number of halogens is 1. The number of nitrogens with one attached hydrogen (secondary N) is 1. The highest BCUT2D eigenvalue weighted by Crippen LogP contribution is 2.19. The van der Waals surface area contributed by atoms with Crippen LogP contribution in [0.15, 0.2) is 35.2 Å². The molecule has 0 amide bonds. The minimum atomic E-state index is -3.55. The molecule has 0 unspecified atom stereocenters. The molecule has 0 aliphatic heterocycles. The quantitative estimate of drug-likeness (QED) is 0.697. The summed E-state index contributed by atoms with van der Waals surface area (Å²) < 4.78 is 26.4.